The monoisotopic (exact) mass is 365 g/mol. The molecule has 2 aromatic carbocycles. The van der Waals surface area contributed by atoms with Crippen molar-refractivity contribution in [3.63, 3.8) is 0 Å². The predicted molar refractivity (Wildman–Crippen MR) is 84.3 cm³/mol. The van der Waals surface area contributed by atoms with Gasteiger partial charge in [0.2, 0.25) is 0 Å². The number of nitriles is 1. The van der Waals surface area contributed by atoms with Gasteiger partial charge in [-0.3, -0.25) is 10.1 Å². The van der Waals surface area contributed by atoms with Crippen LogP contribution in [0.1, 0.15) is 11.1 Å². The molecule has 21 heavy (non-hydrogen) atoms. The third-order valence-electron chi connectivity index (χ3n) is 2.81. The Bertz CT molecular complexity index is 743. The maximum Gasteiger partial charge on any atom is 0.274 e. The van der Waals surface area contributed by atoms with Gasteiger partial charge in [-0.15, -0.1) is 0 Å². The molecule has 5 nitrogen and oxygen atoms in total. The summed E-state index contributed by atoms with van der Waals surface area (Å²) in [6.07, 6.45) is 0. The highest BCUT2D eigenvalue weighted by Gasteiger charge is 2.14. The first-order valence-electron chi connectivity index (χ1n) is 5.87. The van der Waals surface area contributed by atoms with Gasteiger partial charge >= 0.3 is 0 Å². The molecule has 0 fully saturated rings. The molecule has 106 valence electrons. The average Bonchev–Trinajstić information content (AvgIpc) is 2.45. The van der Waals surface area contributed by atoms with Crippen LogP contribution in [0.2, 0.25) is 5.02 Å². The standard InChI is InChI=1S/C14H9BrClN3O2/c15-11-2-1-9(7-17)13(6-11)18-8-10-5-12(16)3-4-14(10)19(20)21/h1-6,18H,8H2. The van der Waals surface area contributed by atoms with E-state index in [4.69, 9.17) is 16.9 Å². The van der Waals surface area contributed by atoms with Gasteiger partial charge in [0.25, 0.3) is 5.69 Å². The second kappa shape index (κ2) is 6.57. The molecule has 0 bridgehead atoms. The number of rotatable bonds is 4. The number of nitro benzene ring substituents is 1. The van der Waals surface area contributed by atoms with Crippen molar-refractivity contribution >= 4 is 38.9 Å². The van der Waals surface area contributed by atoms with E-state index in [1.165, 1.54) is 18.2 Å². The zero-order valence-corrected chi connectivity index (χ0v) is 13.0. The summed E-state index contributed by atoms with van der Waals surface area (Å²) in [7, 11) is 0. The Morgan fingerprint density at radius 1 is 1.33 bits per heavy atom. The molecule has 0 aliphatic heterocycles. The molecular weight excluding hydrogens is 358 g/mol. The number of hydrogen-bond donors (Lipinski definition) is 1. The third-order valence-corrected chi connectivity index (χ3v) is 3.54. The Morgan fingerprint density at radius 3 is 2.76 bits per heavy atom. The summed E-state index contributed by atoms with van der Waals surface area (Å²) < 4.78 is 0.810. The average molecular weight is 367 g/mol. The molecule has 0 atom stereocenters. The minimum Gasteiger partial charge on any atom is -0.380 e. The smallest absolute Gasteiger partial charge is 0.274 e. The number of anilines is 1. The van der Waals surface area contributed by atoms with Crippen LogP contribution < -0.4 is 5.32 Å². The van der Waals surface area contributed by atoms with Crippen LogP contribution in [-0.4, -0.2) is 4.92 Å². The molecule has 0 spiro atoms. The molecule has 0 aliphatic rings. The first kappa shape index (κ1) is 15.3. The second-order valence-corrected chi connectivity index (χ2v) is 5.54. The highest BCUT2D eigenvalue weighted by molar-refractivity contribution is 9.10. The highest BCUT2D eigenvalue weighted by atomic mass is 79.9. The quantitative estimate of drug-likeness (QED) is 0.638. The fourth-order valence-electron chi connectivity index (χ4n) is 1.82. The number of benzene rings is 2. The summed E-state index contributed by atoms with van der Waals surface area (Å²) in [5.41, 5.74) is 1.50. The molecule has 0 aromatic heterocycles. The Hall–Kier alpha value is -2.10. The van der Waals surface area contributed by atoms with E-state index in [9.17, 15) is 10.1 Å². The van der Waals surface area contributed by atoms with Crippen molar-refractivity contribution in [3.8, 4) is 6.07 Å². The van der Waals surface area contributed by atoms with Crippen molar-refractivity contribution in [3.05, 3.63) is 67.1 Å². The first-order valence-corrected chi connectivity index (χ1v) is 7.04. The van der Waals surface area contributed by atoms with E-state index < -0.39 is 4.92 Å². The fraction of sp³-hybridized carbons (Fsp3) is 0.0714. The molecule has 0 amide bonds. The number of nitrogens with one attached hydrogen (secondary N) is 1. The summed E-state index contributed by atoms with van der Waals surface area (Å²) in [6, 6.07) is 11.6. The van der Waals surface area contributed by atoms with Crippen LogP contribution in [0, 0.1) is 21.4 Å². The minimum atomic E-state index is -0.459. The van der Waals surface area contributed by atoms with Gasteiger partial charge in [-0.1, -0.05) is 27.5 Å². The van der Waals surface area contributed by atoms with Crippen molar-refractivity contribution in [2.24, 2.45) is 0 Å². The van der Waals surface area contributed by atoms with Gasteiger partial charge in [-0.2, -0.15) is 5.26 Å². The lowest BCUT2D eigenvalue weighted by Crippen LogP contribution is -2.04. The van der Waals surface area contributed by atoms with Crippen LogP contribution in [0.3, 0.4) is 0 Å². The predicted octanol–water partition coefficient (Wildman–Crippen LogP) is 4.49. The summed E-state index contributed by atoms with van der Waals surface area (Å²) in [4.78, 5) is 10.5. The van der Waals surface area contributed by atoms with Crippen LogP contribution >= 0.6 is 27.5 Å². The molecule has 0 saturated carbocycles. The van der Waals surface area contributed by atoms with Crippen molar-refractivity contribution in [2.75, 3.05) is 5.32 Å². The lowest BCUT2D eigenvalue weighted by atomic mass is 10.1. The van der Waals surface area contributed by atoms with Gasteiger partial charge in [-0.25, -0.2) is 0 Å². The van der Waals surface area contributed by atoms with Gasteiger partial charge in [0.15, 0.2) is 0 Å². The summed E-state index contributed by atoms with van der Waals surface area (Å²) in [5, 5.41) is 23.5. The molecule has 0 heterocycles. The van der Waals surface area contributed by atoms with Crippen LogP contribution in [0.4, 0.5) is 11.4 Å². The van der Waals surface area contributed by atoms with E-state index in [2.05, 4.69) is 27.3 Å². The summed E-state index contributed by atoms with van der Waals surface area (Å²) in [6.45, 7) is 0.196. The van der Waals surface area contributed by atoms with Crippen LogP contribution in [-0.2, 0) is 6.54 Å². The molecular formula is C14H9BrClN3O2. The number of nitro groups is 1. The summed E-state index contributed by atoms with van der Waals surface area (Å²) in [5.74, 6) is 0. The Kier molecular flexibility index (Phi) is 4.78. The van der Waals surface area contributed by atoms with Crippen LogP contribution in [0.25, 0.3) is 0 Å². The molecule has 0 saturated heterocycles. The topological polar surface area (TPSA) is 79.0 Å². The van der Waals surface area contributed by atoms with Crippen LogP contribution in [0.5, 0.6) is 0 Å². The Balaban J connectivity index is 2.29. The number of hydrogen-bond acceptors (Lipinski definition) is 4. The molecule has 1 N–H and O–H groups in total. The molecule has 7 heteroatoms. The maximum atomic E-state index is 11.0. The van der Waals surface area contributed by atoms with E-state index in [0.717, 1.165) is 4.47 Å². The van der Waals surface area contributed by atoms with E-state index in [0.29, 0.717) is 21.8 Å². The van der Waals surface area contributed by atoms with Gasteiger partial charge in [0.05, 0.1) is 21.7 Å². The van der Waals surface area contributed by atoms with Gasteiger partial charge in [0.1, 0.15) is 6.07 Å². The second-order valence-electron chi connectivity index (χ2n) is 4.19. The Morgan fingerprint density at radius 2 is 2.10 bits per heavy atom. The van der Waals surface area contributed by atoms with Crippen LogP contribution in [0.15, 0.2) is 40.9 Å². The van der Waals surface area contributed by atoms with E-state index >= 15 is 0 Å². The Labute approximate surface area is 134 Å². The lowest BCUT2D eigenvalue weighted by Gasteiger charge is -2.09. The van der Waals surface area contributed by atoms with Gasteiger partial charge < -0.3 is 5.32 Å². The van der Waals surface area contributed by atoms with E-state index in [1.807, 2.05) is 0 Å². The van der Waals surface area contributed by atoms with Crippen molar-refractivity contribution in [2.45, 2.75) is 6.54 Å². The first-order chi connectivity index (χ1) is 10.0. The van der Waals surface area contributed by atoms with E-state index in [-0.39, 0.29) is 12.2 Å². The van der Waals surface area contributed by atoms with Crippen molar-refractivity contribution in [1.29, 1.82) is 5.26 Å². The molecule has 0 unspecified atom stereocenters. The molecule has 0 radical (unpaired) electrons. The summed E-state index contributed by atoms with van der Waals surface area (Å²) >= 11 is 9.20. The molecule has 0 aliphatic carbocycles. The molecule has 2 rings (SSSR count). The zero-order chi connectivity index (χ0) is 15.4. The highest BCUT2D eigenvalue weighted by Crippen LogP contribution is 2.26. The van der Waals surface area contributed by atoms with E-state index in [1.54, 1.807) is 18.2 Å². The van der Waals surface area contributed by atoms with Gasteiger partial charge in [-0.05, 0) is 30.3 Å². The van der Waals surface area contributed by atoms with Gasteiger partial charge in [0, 0.05) is 22.1 Å². The third kappa shape index (κ3) is 3.72. The van der Waals surface area contributed by atoms with Crippen molar-refractivity contribution < 1.29 is 4.92 Å². The molecule has 2 aromatic rings. The normalized spacial score (nSPS) is 9.95. The largest absolute Gasteiger partial charge is 0.380 e. The zero-order valence-electron chi connectivity index (χ0n) is 10.6. The number of halogens is 2. The lowest BCUT2D eigenvalue weighted by molar-refractivity contribution is -0.385. The SMILES string of the molecule is N#Cc1ccc(Br)cc1NCc1cc(Cl)ccc1[N+](=O)[O-]. The minimum absolute atomic E-state index is 0.0135. The number of nitrogens with zero attached hydrogens (tertiary/aromatic N) is 2. The fourth-order valence-corrected chi connectivity index (χ4v) is 2.38. The van der Waals surface area contributed by atoms with Crippen molar-refractivity contribution in [1.82, 2.24) is 0 Å². The maximum absolute atomic E-state index is 11.0.